The zero-order chi connectivity index (χ0) is 13.7. The van der Waals surface area contributed by atoms with Gasteiger partial charge in [-0.05, 0) is 41.8 Å². The average molecular weight is 250 g/mol. The van der Waals surface area contributed by atoms with E-state index in [0.717, 1.165) is 13.1 Å². The summed E-state index contributed by atoms with van der Waals surface area (Å²) in [5.74, 6) is 0. The summed E-state index contributed by atoms with van der Waals surface area (Å²) in [5.41, 5.74) is 4.26. The van der Waals surface area contributed by atoms with Crippen LogP contribution >= 0.6 is 0 Å². The number of hydrogen-bond acceptors (Lipinski definition) is 3. The van der Waals surface area contributed by atoms with E-state index < -0.39 is 0 Å². The first-order valence-electron chi connectivity index (χ1n) is 6.68. The molecule has 0 spiro atoms. The van der Waals surface area contributed by atoms with Crippen LogP contribution in [0.5, 0.6) is 0 Å². The zero-order valence-electron chi connectivity index (χ0n) is 12.8. The first-order chi connectivity index (χ1) is 8.21. The molecule has 0 radical (unpaired) electrons. The summed E-state index contributed by atoms with van der Waals surface area (Å²) in [6, 6.07) is 0.419. The molecule has 0 N–H and O–H groups in total. The Labute approximate surface area is 111 Å². The summed E-state index contributed by atoms with van der Waals surface area (Å²) in [7, 11) is 6.28. The Balaban J connectivity index is 2.35. The number of nitrogens with zero attached hydrogens (tertiary/aromatic N) is 4. The van der Waals surface area contributed by atoms with E-state index in [-0.39, 0.29) is 5.54 Å². The minimum absolute atomic E-state index is 0.196. The summed E-state index contributed by atoms with van der Waals surface area (Å²) < 4.78 is 2.06. The van der Waals surface area contributed by atoms with Crippen molar-refractivity contribution in [3.8, 4) is 0 Å². The second kappa shape index (κ2) is 4.35. The van der Waals surface area contributed by atoms with Crippen molar-refractivity contribution in [2.24, 2.45) is 7.05 Å². The minimum atomic E-state index is 0.196. The van der Waals surface area contributed by atoms with Crippen LogP contribution < -0.4 is 0 Å². The van der Waals surface area contributed by atoms with Crippen LogP contribution in [0.15, 0.2) is 0 Å². The van der Waals surface area contributed by atoms with Crippen LogP contribution in [-0.4, -0.2) is 39.2 Å². The molecule has 0 bridgehead atoms. The van der Waals surface area contributed by atoms with Gasteiger partial charge in [0.25, 0.3) is 0 Å². The first-order valence-corrected chi connectivity index (χ1v) is 6.68. The summed E-state index contributed by atoms with van der Waals surface area (Å²) >= 11 is 0. The van der Waals surface area contributed by atoms with Gasteiger partial charge in [-0.1, -0.05) is 0 Å². The van der Waals surface area contributed by atoms with Crippen LogP contribution in [0, 0.1) is 0 Å². The maximum Gasteiger partial charge on any atom is 0.0842 e. The van der Waals surface area contributed by atoms with Crippen LogP contribution in [0.25, 0.3) is 0 Å². The van der Waals surface area contributed by atoms with Crippen LogP contribution in [0.3, 0.4) is 0 Å². The molecular formula is C14H26N4. The molecule has 18 heavy (non-hydrogen) atoms. The third kappa shape index (κ3) is 2.19. The molecule has 0 aromatic carbocycles. The maximum absolute atomic E-state index is 4.74. The van der Waals surface area contributed by atoms with Gasteiger partial charge in [0.1, 0.15) is 0 Å². The average Bonchev–Trinajstić information content (AvgIpc) is 2.66. The highest BCUT2D eigenvalue weighted by atomic mass is 15.3. The lowest BCUT2D eigenvalue weighted by Crippen LogP contribution is -2.39. The molecule has 0 unspecified atom stereocenters. The molecule has 1 aromatic rings. The van der Waals surface area contributed by atoms with Crippen LogP contribution in [0.4, 0.5) is 0 Å². The van der Waals surface area contributed by atoms with E-state index in [4.69, 9.17) is 5.10 Å². The normalized spacial score (nSPS) is 20.8. The van der Waals surface area contributed by atoms with Crippen molar-refractivity contribution in [3.63, 3.8) is 0 Å². The highest BCUT2D eigenvalue weighted by Crippen LogP contribution is 2.39. The molecule has 0 saturated carbocycles. The van der Waals surface area contributed by atoms with Crippen molar-refractivity contribution in [2.75, 3.05) is 14.1 Å². The lowest BCUT2D eigenvalue weighted by atomic mass is 10.1. The topological polar surface area (TPSA) is 24.3 Å². The molecule has 0 amide bonds. The molecule has 0 saturated heterocycles. The Hall–Kier alpha value is -0.870. The highest BCUT2D eigenvalue weighted by Gasteiger charge is 2.38. The van der Waals surface area contributed by atoms with E-state index in [0.29, 0.717) is 6.04 Å². The number of fused-ring (bicyclic) bond motifs is 1. The molecule has 1 aliphatic heterocycles. The second-order valence-corrected chi connectivity index (χ2v) is 6.65. The highest BCUT2D eigenvalue weighted by molar-refractivity contribution is 5.33. The van der Waals surface area contributed by atoms with Gasteiger partial charge in [-0.2, -0.15) is 5.10 Å². The van der Waals surface area contributed by atoms with Crippen LogP contribution in [-0.2, 0) is 20.1 Å². The molecule has 4 heteroatoms. The van der Waals surface area contributed by atoms with Crippen molar-refractivity contribution in [1.82, 2.24) is 19.6 Å². The fourth-order valence-electron chi connectivity index (χ4n) is 2.90. The molecule has 0 fully saturated rings. The molecule has 0 aliphatic carbocycles. The van der Waals surface area contributed by atoms with E-state index in [1.54, 1.807) is 0 Å². The number of aryl methyl sites for hydroxylation is 1. The van der Waals surface area contributed by atoms with Gasteiger partial charge >= 0.3 is 0 Å². The summed E-state index contributed by atoms with van der Waals surface area (Å²) in [4.78, 5) is 4.74. The zero-order valence-corrected chi connectivity index (χ0v) is 12.8. The van der Waals surface area contributed by atoms with Gasteiger partial charge in [-0.15, -0.1) is 0 Å². The number of rotatable bonds is 2. The van der Waals surface area contributed by atoms with Gasteiger partial charge in [-0.25, -0.2) is 0 Å². The van der Waals surface area contributed by atoms with E-state index in [9.17, 15) is 0 Å². The van der Waals surface area contributed by atoms with E-state index in [2.05, 4.69) is 63.3 Å². The van der Waals surface area contributed by atoms with Gasteiger partial charge in [0.2, 0.25) is 0 Å². The smallest absolute Gasteiger partial charge is 0.0842 e. The van der Waals surface area contributed by atoms with E-state index >= 15 is 0 Å². The summed E-state index contributed by atoms with van der Waals surface area (Å²) in [6.07, 6.45) is 0. The van der Waals surface area contributed by atoms with Crippen molar-refractivity contribution in [1.29, 1.82) is 0 Å². The molecule has 2 heterocycles. The van der Waals surface area contributed by atoms with Crippen molar-refractivity contribution in [3.05, 3.63) is 17.0 Å². The first kappa shape index (κ1) is 13.6. The van der Waals surface area contributed by atoms with Gasteiger partial charge in [-0.3, -0.25) is 9.58 Å². The second-order valence-electron chi connectivity index (χ2n) is 6.65. The Morgan fingerprint density at radius 1 is 1.33 bits per heavy atom. The SMILES string of the molecule is C[C@@H]1c2nn(C)c(CN(C)C)c2CN1C(C)(C)C. The van der Waals surface area contributed by atoms with E-state index in [1.165, 1.54) is 17.0 Å². The van der Waals surface area contributed by atoms with E-state index in [1.807, 2.05) is 0 Å². The van der Waals surface area contributed by atoms with Crippen molar-refractivity contribution in [2.45, 2.75) is 52.4 Å². The van der Waals surface area contributed by atoms with Crippen LogP contribution in [0.1, 0.15) is 50.7 Å². The van der Waals surface area contributed by atoms with Gasteiger partial charge in [0.05, 0.1) is 17.4 Å². The van der Waals surface area contributed by atoms with Gasteiger partial charge in [0, 0.05) is 31.2 Å². The predicted molar refractivity (Wildman–Crippen MR) is 74.3 cm³/mol. The molecule has 1 aromatic heterocycles. The Morgan fingerprint density at radius 2 is 1.94 bits per heavy atom. The Kier molecular flexibility index (Phi) is 3.28. The summed E-state index contributed by atoms with van der Waals surface area (Å²) in [5, 5.41) is 4.74. The fourth-order valence-corrected chi connectivity index (χ4v) is 2.90. The lowest BCUT2D eigenvalue weighted by molar-refractivity contribution is 0.0968. The number of hydrogen-bond donors (Lipinski definition) is 0. The van der Waals surface area contributed by atoms with Crippen molar-refractivity contribution < 1.29 is 0 Å². The predicted octanol–water partition coefficient (Wildman–Crippen LogP) is 2.16. The molecular weight excluding hydrogens is 224 g/mol. The molecule has 102 valence electrons. The molecule has 4 nitrogen and oxygen atoms in total. The minimum Gasteiger partial charge on any atom is -0.304 e. The maximum atomic E-state index is 4.74. The molecule has 1 aliphatic rings. The van der Waals surface area contributed by atoms with Gasteiger partial charge < -0.3 is 4.90 Å². The molecule has 1 atom stereocenters. The quantitative estimate of drug-likeness (QED) is 0.804. The van der Waals surface area contributed by atoms with Crippen LogP contribution in [0.2, 0.25) is 0 Å². The Bertz CT molecular complexity index is 439. The third-order valence-corrected chi connectivity index (χ3v) is 3.83. The standard InChI is InChI=1S/C14H26N4/c1-10-13-11(8-18(10)14(2,3)4)12(9-16(5)6)17(7)15-13/h10H,8-9H2,1-7H3/t10-/m1/s1. The summed E-state index contributed by atoms with van der Waals surface area (Å²) in [6.45, 7) is 11.1. The fraction of sp³-hybridized carbons (Fsp3) is 0.786. The third-order valence-electron chi connectivity index (χ3n) is 3.83. The largest absolute Gasteiger partial charge is 0.304 e. The number of aromatic nitrogens is 2. The van der Waals surface area contributed by atoms with Gasteiger partial charge in [0.15, 0.2) is 0 Å². The Morgan fingerprint density at radius 3 is 2.44 bits per heavy atom. The van der Waals surface area contributed by atoms with Crippen molar-refractivity contribution >= 4 is 0 Å². The monoisotopic (exact) mass is 250 g/mol. The lowest BCUT2D eigenvalue weighted by Gasteiger charge is -2.35. The molecule has 2 rings (SSSR count).